The monoisotopic (exact) mass is 425 g/mol. The first kappa shape index (κ1) is 21.5. The number of hydrogen-bond donors (Lipinski definition) is 0. The van der Waals surface area contributed by atoms with Crippen molar-refractivity contribution in [2.45, 2.75) is 141 Å². The molecule has 0 saturated heterocycles. The second-order valence-electron chi connectivity index (χ2n) is 13.6. The Kier molecular flexibility index (Phi) is 6.21. The van der Waals surface area contributed by atoms with Gasteiger partial charge in [-0.1, -0.05) is 33.1 Å². The molecule has 0 aliphatic heterocycles. The standard InChI is InChI=1S/C30H51N/c1-20-6-14-25(15-7-20)31(26-16-8-21(2)9-17-26)28-19-13-24-11-10-22-4-3-5-23-12-18-27(28)30(24)29(22)23/h20-30H,3-19H2,1-2H3. The van der Waals surface area contributed by atoms with E-state index >= 15 is 0 Å². The van der Waals surface area contributed by atoms with Crippen LogP contribution in [-0.4, -0.2) is 23.0 Å². The molecule has 6 aliphatic carbocycles. The topological polar surface area (TPSA) is 3.24 Å². The van der Waals surface area contributed by atoms with Crippen molar-refractivity contribution in [3.05, 3.63) is 0 Å². The highest BCUT2D eigenvalue weighted by atomic mass is 15.2. The van der Waals surface area contributed by atoms with Gasteiger partial charge in [-0.15, -0.1) is 0 Å². The number of hydrogen-bond acceptors (Lipinski definition) is 1. The summed E-state index contributed by atoms with van der Waals surface area (Å²) in [7, 11) is 0. The lowest BCUT2D eigenvalue weighted by atomic mass is 9.47. The van der Waals surface area contributed by atoms with Crippen LogP contribution in [0.1, 0.15) is 123 Å². The molecule has 0 bridgehead atoms. The summed E-state index contributed by atoms with van der Waals surface area (Å²) in [5.41, 5.74) is 0. The summed E-state index contributed by atoms with van der Waals surface area (Å²) in [6.45, 7) is 5.03. The molecule has 1 heteroatoms. The smallest absolute Gasteiger partial charge is 0.0132 e. The van der Waals surface area contributed by atoms with E-state index in [0.717, 1.165) is 65.5 Å². The Hall–Kier alpha value is -0.0400. The third-order valence-electron chi connectivity index (χ3n) is 12.0. The molecule has 6 rings (SSSR count). The third kappa shape index (κ3) is 3.95. The van der Waals surface area contributed by atoms with Crippen LogP contribution in [0, 0.1) is 47.3 Å². The Balaban J connectivity index is 1.28. The van der Waals surface area contributed by atoms with E-state index < -0.39 is 0 Å². The van der Waals surface area contributed by atoms with Crippen LogP contribution < -0.4 is 0 Å². The first-order valence-electron chi connectivity index (χ1n) is 15.0. The first-order valence-corrected chi connectivity index (χ1v) is 15.0. The summed E-state index contributed by atoms with van der Waals surface area (Å²) in [4.78, 5) is 3.30. The Bertz CT molecular complexity index is 570. The summed E-state index contributed by atoms with van der Waals surface area (Å²) in [6, 6.07) is 2.82. The van der Waals surface area contributed by atoms with Crippen LogP contribution in [0.15, 0.2) is 0 Å². The normalized spacial score (nSPS) is 52.5. The first-order chi connectivity index (χ1) is 15.2. The minimum atomic E-state index is 0.930. The molecular weight excluding hydrogens is 374 g/mol. The molecule has 0 aromatic heterocycles. The lowest BCUT2D eigenvalue weighted by Crippen LogP contribution is -2.61. The van der Waals surface area contributed by atoms with Gasteiger partial charge in [-0.2, -0.15) is 0 Å². The summed E-state index contributed by atoms with van der Waals surface area (Å²) >= 11 is 0. The highest BCUT2D eigenvalue weighted by Gasteiger charge is 2.55. The Morgan fingerprint density at radius 3 is 1.52 bits per heavy atom. The summed E-state index contributed by atoms with van der Waals surface area (Å²) in [6.07, 6.45) is 26.3. The van der Waals surface area contributed by atoms with Crippen molar-refractivity contribution in [1.29, 1.82) is 0 Å². The quantitative estimate of drug-likeness (QED) is 0.442. The minimum Gasteiger partial charge on any atom is -0.294 e. The van der Waals surface area contributed by atoms with E-state index in [1.165, 1.54) is 51.4 Å². The van der Waals surface area contributed by atoms with E-state index in [0.29, 0.717) is 0 Å². The number of rotatable bonds is 3. The van der Waals surface area contributed by atoms with Gasteiger partial charge in [0.25, 0.3) is 0 Å². The summed E-state index contributed by atoms with van der Waals surface area (Å²) < 4.78 is 0. The lowest BCUT2D eigenvalue weighted by Gasteiger charge is -2.62. The van der Waals surface area contributed by atoms with Gasteiger partial charge in [-0.05, 0) is 137 Å². The molecule has 6 saturated carbocycles. The van der Waals surface area contributed by atoms with Crippen LogP contribution in [0.3, 0.4) is 0 Å². The van der Waals surface area contributed by atoms with Crippen LogP contribution in [0.4, 0.5) is 0 Å². The molecule has 31 heavy (non-hydrogen) atoms. The van der Waals surface area contributed by atoms with E-state index in [9.17, 15) is 0 Å². The van der Waals surface area contributed by atoms with E-state index in [-0.39, 0.29) is 0 Å². The van der Waals surface area contributed by atoms with Crippen LogP contribution in [-0.2, 0) is 0 Å². The van der Waals surface area contributed by atoms with E-state index in [1.54, 1.807) is 57.8 Å². The molecule has 176 valence electrons. The molecule has 0 radical (unpaired) electrons. The molecular formula is C30H51N. The molecule has 0 aromatic carbocycles. The SMILES string of the molecule is CC1CCC(N(C2CCC(C)CC2)C2CCC3CCC4CCCC5CCC2C3C45)CC1. The molecule has 6 fully saturated rings. The summed E-state index contributed by atoms with van der Waals surface area (Å²) in [5, 5.41) is 0. The predicted octanol–water partition coefficient (Wildman–Crippen LogP) is 8.08. The average Bonchev–Trinajstić information content (AvgIpc) is 2.81. The van der Waals surface area contributed by atoms with Crippen LogP contribution in [0.5, 0.6) is 0 Å². The zero-order chi connectivity index (χ0) is 20.9. The van der Waals surface area contributed by atoms with Crippen LogP contribution in [0.25, 0.3) is 0 Å². The van der Waals surface area contributed by atoms with Crippen molar-refractivity contribution >= 4 is 0 Å². The Labute approximate surface area is 193 Å². The fraction of sp³-hybridized carbons (Fsp3) is 1.00. The molecule has 7 atom stereocenters. The fourth-order valence-corrected chi connectivity index (χ4v) is 10.6. The van der Waals surface area contributed by atoms with Gasteiger partial charge in [0.1, 0.15) is 0 Å². The second-order valence-corrected chi connectivity index (χ2v) is 13.6. The van der Waals surface area contributed by atoms with Gasteiger partial charge in [0, 0.05) is 18.1 Å². The number of nitrogens with zero attached hydrogens (tertiary/aromatic N) is 1. The molecule has 0 amide bonds. The van der Waals surface area contributed by atoms with Gasteiger partial charge in [0.15, 0.2) is 0 Å². The molecule has 0 aromatic rings. The highest BCUT2D eigenvalue weighted by Crippen LogP contribution is 2.61. The van der Waals surface area contributed by atoms with Crippen molar-refractivity contribution in [2.24, 2.45) is 47.3 Å². The van der Waals surface area contributed by atoms with E-state index in [1.807, 2.05) is 0 Å². The van der Waals surface area contributed by atoms with Crippen LogP contribution >= 0.6 is 0 Å². The zero-order valence-electron chi connectivity index (χ0n) is 20.8. The Morgan fingerprint density at radius 1 is 0.452 bits per heavy atom. The van der Waals surface area contributed by atoms with Gasteiger partial charge >= 0.3 is 0 Å². The van der Waals surface area contributed by atoms with Crippen molar-refractivity contribution in [2.75, 3.05) is 0 Å². The maximum Gasteiger partial charge on any atom is 0.0132 e. The molecule has 1 nitrogen and oxygen atoms in total. The second kappa shape index (κ2) is 8.96. The molecule has 0 heterocycles. The van der Waals surface area contributed by atoms with Crippen LogP contribution in [0.2, 0.25) is 0 Å². The Morgan fingerprint density at radius 2 is 0.935 bits per heavy atom. The van der Waals surface area contributed by atoms with E-state index in [4.69, 9.17) is 0 Å². The fourth-order valence-electron chi connectivity index (χ4n) is 10.6. The maximum absolute atomic E-state index is 3.30. The molecule has 0 N–H and O–H groups in total. The minimum absolute atomic E-state index is 0.930. The molecule has 6 aliphatic rings. The third-order valence-corrected chi connectivity index (χ3v) is 12.0. The van der Waals surface area contributed by atoms with E-state index in [2.05, 4.69) is 18.7 Å². The van der Waals surface area contributed by atoms with Crippen molar-refractivity contribution in [3.8, 4) is 0 Å². The largest absolute Gasteiger partial charge is 0.294 e. The van der Waals surface area contributed by atoms with Gasteiger partial charge in [-0.25, -0.2) is 0 Å². The summed E-state index contributed by atoms with van der Waals surface area (Å²) in [5.74, 6) is 8.68. The van der Waals surface area contributed by atoms with Crippen molar-refractivity contribution < 1.29 is 0 Å². The molecule has 7 unspecified atom stereocenters. The molecule has 0 spiro atoms. The average molecular weight is 426 g/mol. The zero-order valence-corrected chi connectivity index (χ0v) is 20.8. The maximum atomic E-state index is 3.30. The lowest BCUT2D eigenvalue weighted by molar-refractivity contribution is -0.124. The van der Waals surface area contributed by atoms with Gasteiger partial charge in [0.2, 0.25) is 0 Å². The van der Waals surface area contributed by atoms with Gasteiger partial charge in [0.05, 0.1) is 0 Å². The highest BCUT2D eigenvalue weighted by molar-refractivity contribution is 5.06. The van der Waals surface area contributed by atoms with Crippen molar-refractivity contribution in [3.63, 3.8) is 0 Å². The predicted molar refractivity (Wildman–Crippen MR) is 131 cm³/mol. The van der Waals surface area contributed by atoms with Gasteiger partial charge < -0.3 is 0 Å². The van der Waals surface area contributed by atoms with Crippen molar-refractivity contribution in [1.82, 2.24) is 4.90 Å². The van der Waals surface area contributed by atoms with Gasteiger partial charge in [-0.3, -0.25) is 4.90 Å².